The second-order valence-corrected chi connectivity index (χ2v) is 11.1. The molecule has 0 bridgehead atoms. The van der Waals surface area contributed by atoms with E-state index in [4.69, 9.17) is 14.6 Å². The van der Waals surface area contributed by atoms with Gasteiger partial charge in [0.15, 0.2) is 0 Å². The molecule has 3 aromatic carbocycles. The number of rotatable bonds is 8. The van der Waals surface area contributed by atoms with E-state index in [0.29, 0.717) is 45.0 Å². The van der Waals surface area contributed by atoms with E-state index in [9.17, 15) is 28.1 Å². The fourth-order valence-corrected chi connectivity index (χ4v) is 5.53. The Morgan fingerprint density at radius 1 is 0.915 bits per heavy atom. The van der Waals surface area contributed by atoms with Gasteiger partial charge in [0.2, 0.25) is 5.91 Å². The van der Waals surface area contributed by atoms with Gasteiger partial charge in [-0.3, -0.25) is 24.6 Å². The lowest BCUT2D eigenvalue weighted by atomic mass is 10.1. The third-order valence-corrected chi connectivity index (χ3v) is 7.92. The summed E-state index contributed by atoms with van der Waals surface area (Å²) in [6, 6.07) is 21.6. The molecule has 254 valence electrons. The highest BCUT2D eigenvalue weighted by Gasteiger charge is 2.39. The van der Waals surface area contributed by atoms with Gasteiger partial charge in [0.05, 0.1) is 4.92 Å². The molecule has 2 aliphatic rings. The monoisotopic (exact) mass is 658 g/mol. The van der Waals surface area contributed by atoms with Crippen molar-refractivity contribution < 1.29 is 37.5 Å². The van der Waals surface area contributed by atoms with E-state index in [1.807, 2.05) is 18.2 Å². The third-order valence-electron chi connectivity index (χ3n) is 7.92. The topological polar surface area (TPSA) is 116 Å². The van der Waals surface area contributed by atoms with Crippen LogP contribution in [0.5, 0.6) is 5.75 Å². The number of nitro groups is 1. The fraction of sp³-hybridized carbons (Fsp3) is 0.412. The molecule has 5 rings (SSSR count). The van der Waals surface area contributed by atoms with Gasteiger partial charge >= 0.3 is 6.18 Å². The number of anilines is 1. The Labute approximate surface area is 272 Å². The molecular weight excluding hydrogens is 617 g/mol. The number of benzene rings is 3. The lowest BCUT2D eigenvalue weighted by molar-refractivity contribution is -0.388. The number of aliphatic carboxylic acids is 1. The van der Waals surface area contributed by atoms with Crippen molar-refractivity contribution in [2.24, 2.45) is 0 Å². The average molecular weight is 659 g/mol. The number of likely N-dealkylation sites (tertiary alicyclic amines) is 1. The number of carbonyl (C=O) groups is 2. The molecule has 47 heavy (non-hydrogen) atoms. The maximum absolute atomic E-state index is 13.3. The zero-order valence-corrected chi connectivity index (χ0v) is 25.5. The lowest BCUT2D eigenvalue weighted by Gasteiger charge is -2.37. The molecule has 1 N–H and O–H groups in total. The smallest absolute Gasteiger partial charge is 0.423 e. The fourth-order valence-electron chi connectivity index (χ4n) is 5.53. The van der Waals surface area contributed by atoms with Crippen LogP contribution in [0.1, 0.15) is 39.2 Å². The molecular formula is C34H41F3N4O6. The lowest BCUT2D eigenvalue weighted by Crippen LogP contribution is -2.48. The van der Waals surface area contributed by atoms with Crippen molar-refractivity contribution in [3.8, 4) is 16.9 Å². The second kappa shape index (κ2) is 16.8. The quantitative estimate of drug-likeness (QED) is 0.213. The van der Waals surface area contributed by atoms with Gasteiger partial charge in [0, 0.05) is 83.8 Å². The minimum Gasteiger partial charge on any atom is -0.490 e. The predicted molar refractivity (Wildman–Crippen MR) is 174 cm³/mol. The number of carbonyl (C=O) groups excluding carboxylic acids is 1. The predicted octanol–water partition coefficient (Wildman–Crippen LogP) is 6.59. The Balaban J connectivity index is 0.00000114. The summed E-state index contributed by atoms with van der Waals surface area (Å²) >= 11 is 0. The van der Waals surface area contributed by atoms with Gasteiger partial charge in [0.1, 0.15) is 17.4 Å². The van der Waals surface area contributed by atoms with Gasteiger partial charge in [0.25, 0.3) is 11.7 Å². The van der Waals surface area contributed by atoms with Gasteiger partial charge in [-0.1, -0.05) is 49.9 Å². The summed E-state index contributed by atoms with van der Waals surface area (Å²) in [5.41, 5.74) is 1.24. The number of alkyl halides is 3. The van der Waals surface area contributed by atoms with E-state index in [1.54, 1.807) is 4.90 Å². The molecule has 0 spiro atoms. The van der Waals surface area contributed by atoms with Crippen LogP contribution in [0.25, 0.3) is 11.1 Å². The number of piperidine rings is 1. The first-order valence-corrected chi connectivity index (χ1v) is 15.0. The number of carboxylic acid groups (broad SMARTS) is 1. The van der Waals surface area contributed by atoms with Crippen LogP contribution in [0.3, 0.4) is 0 Å². The van der Waals surface area contributed by atoms with Crippen LogP contribution in [-0.2, 0) is 15.8 Å². The standard InChI is InChI=1S/C31H33F3N4O4.C2H4O2.CH4/c32-31(33,34)28-22-27(10-11-29(28)38(40)41)42-26-12-16-37(17-13-26)30(39)14-15-35-18-20-36(21-19-35)25-8-6-24(7-9-25)23-4-2-1-3-5-23;1-2(3)4;/h1-11,22,26H,12-21H2;1H3,(H,3,4);1H4. The van der Waals surface area contributed by atoms with E-state index in [1.165, 1.54) is 22.9 Å². The number of halogens is 3. The normalized spacial score (nSPS) is 15.6. The largest absolute Gasteiger partial charge is 0.490 e. The van der Waals surface area contributed by atoms with Crippen LogP contribution in [-0.4, -0.2) is 83.6 Å². The number of ether oxygens (including phenoxy) is 1. The van der Waals surface area contributed by atoms with Gasteiger partial charge in [-0.25, -0.2) is 0 Å². The summed E-state index contributed by atoms with van der Waals surface area (Å²) in [6.07, 6.45) is -3.86. The molecule has 1 amide bonds. The molecule has 2 fully saturated rings. The summed E-state index contributed by atoms with van der Waals surface area (Å²) in [7, 11) is 0. The Morgan fingerprint density at radius 3 is 2.04 bits per heavy atom. The van der Waals surface area contributed by atoms with Crippen molar-refractivity contribution in [3.05, 3.63) is 88.5 Å². The van der Waals surface area contributed by atoms with E-state index < -0.39 is 28.3 Å². The van der Waals surface area contributed by atoms with Crippen molar-refractivity contribution in [1.82, 2.24) is 9.80 Å². The first-order chi connectivity index (χ1) is 21.9. The maximum Gasteiger partial charge on any atom is 0.423 e. The molecule has 0 aromatic heterocycles. The van der Waals surface area contributed by atoms with Gasteiger partial charge in [-0.05, 0) is 35.4 Å². The van der Waals surface area contributed by atoms with Crippen molar-refractivity contribution in [1.29, 1.82) is 0 Å². The van der Waals surface area contributed by atoms with Gasteiger partial charge in [-0.2, -0.15) is 13.2 Å². The zero-order valence-electron chi connectivity index (χ0n) is 25.5. The first-order valence-electron chi connectivity index (χ1n) is 15.0. The Hall–Kier alpha value is -4.65. The Morgan fingerprint density at radius 2 is 1.49 bits per heavy atom. The van der Waals surface area contributed by atoms with E-state index in [2.05, 4.69) is 46.2 Å². The number of piperazine rings is 1. The van der Waals surface area contributed by atoms with Crippen LogP contribution in [0.2, 0.25) is 0 Å². The van der Waals surface area contributed by atoms with Crippen LogP contribution in [0, 0.1) is 10.1 Å². The zero-order chi connectivity index (χ0) is 33.3. The molecule has 2 saturated heterocycles. The van der Waals surface area contributed by atoms with Crippen molar-refractivity contribution in [2.75, 3.05) is 50.7 Å². The number of nitro benzene ring substituents is 1. The summed E-state index contributed by atoms with van der Waals surface area (Å²) < 4.78 is 45.5. The number of hydrogen-bond acceptors (Lipinski definition) is 7. The molecule has 0 atom stereocenters. The minimum atomic E-state index is -4.86. The average Bonchev–Trinajstić information content (AvgIpc) is 3.04. The molecule has 0 saturated carbocycles. The maximum atomic E-state index is 13.3. The van der Waals surface area contributed by atoms with Gasteiger partial charge in [-0.15, -0.1) is 0 Å². The molecule has 0 aliphatic carbocycles. The van der Waals surface area contributed by atoms with Crippen molar-refractivity contribution >= 4 is 23.3 Å². The molecule has 2 heterocycles. The first kappa shape index (κ1) is 36.8. The third kappa shape index (κ3) is 10.7. The number of nitrogens with zero attached hydrogens (tertiary/aromatic N) is 4. The summed E-state index contributed by atoms with van der Waals surface area (Å²) in [5, 5.41) is 18.4. The van der Waals surface area contributed by atoms with Gasteiger partial charge < -0.3 is 19.6 Å². The Kier molecular flexibility index (Phi) is 13.1. The molecule has 2 aliphatic heterocycles. The molecule has 0 unspecified atom stereocenters. The number of carboxylic acids is 1. The highest BCUT2D eigenvalue weighted by Crippen LogP contribution is 2.38. The van der Waals surface area contributed by atoms with Crippen molar-refractivity contribution in [2.45, 2.75) is 45.9 Å². The number of amides is 1. The molecule has 13 heteroatoms. The summed E-state index contributed by atoms with van der Waals surface area (Å²) in [4.78, 5) is 38.2. The second-order valence-electron chi connectivity index (χ2n) is 11.1. The number of hydrogen-bond donors (Lipinski definition) is 1. The summed E-state index contributed by atoms with van der Waals surface area (Å²) in [5.74, 6) is -0.842. The van der Waals surface area contributed by atoms with E-state index in [0.717, 1.165) is 39.2 Å². The van der Waals surface area contributed by atoms with Crippen molar-refractivity contribution in [3.63, 3.8) is 0 Å². The van der Waals surface area contributed by atoms with Crippen LogP contribution < -0.4 is 9.64 Å². The van der Waals surface area contributed by atoms with E-state index >= 15 is 0 Å². The van der Waals surface area contributed by atoms with E-state index in [-0.39, 0.29) is 25.2 Å². The highest BCUT2D eigenvalue weighted by atomic mass is 19.4. The molecule has 0 radical (unpaired) electrons. The summed E-state index contributed by atoms with van der Waals surface area (Å²) in [6.45, 7) is 6.20. The SMILES string of the molecule is C.CC(=O)O.O=C(CCN1CCN(c2ccc(-c3ccccc3)cc2)CC1)N1CCC(Oc2ccc([N+](=O)[O-])c(C(F)(F)F)c2)CC1. The van der Waals surface area contributed by atoms with Crippen LogP contribution in [0.15, 0.2) is 72.8 Å². The van der Waals surface area contributed by atoms with Crippen LogP contribution >= 0.6 is 0 Å². The Bertz CT molecular complexity index is 1470. The van der Waals surface area contributed by atoms with Crippen LogP contribution in [0.4, 0.5) is 24.5 Å². The highest BCUT2D eigenvalue weighted by molar-refractivity contribution is 5.76. The minimum absolute atomic E-state index is 0. The molecule has 10 nitrogen and oxygen atoms in total. The molecule has 3 aromatic rings.